The molecule has 1 aromatic carbocycles. The van der Waals surface area contributed by atoms with E-state index in [0.717, 1.165) is 0 Å². The summed E-state index contributed by atoms with van der Waals surface area (Å²) in [5, 5.41) is 43.8. The van der Waals surface area contributed by atoms with Crippen molar-refractivity contribution in [1.82, 2.24) is 0 Å². The molecule has 3 aliphatic carbocycles. The molecule has 0 spiro atoms. The Morgan fingerprint density at radius 1 is 1.19 bits per heavy atom. The van der Waals surface area contributed by atoms with Gasteiger partial charge in [0.05, 0.1) is 0 Å². The molecule has 1 aromatic rings. The normalized spacial score (nSPS) is 48.9. The number of carbonyl (C=O) groups excluding carboxylic acids is 2. The Labute approximate surface area is 149 Å². The monoisotopic (exact) mass is 360 g/mol. The SMILES string of the molecule is C[C@H]1CC(=O)[C@@]2(O)[C@](O)(CC[C@@]34O[C@@]23C(=O)c2cccc(O)c2[C@H]4O)C1. The lowest BCUT2D eigenvalue weighted by atomic mass is 9.50. The van der Waals surface area contributed by atoms with E-state index in [0.29, 0.717) is 0 Å². The summed E-state index contributed by atoms with van der Waals surface area (Å²) in [4.78, 5) is 26.3. The van der Waals surface area contributed by atoms with Gasteiger partial charge in [-0.2, -0.15) is 0 Å². The van der Waals surface area contributed by atoms with Gasteiger partial charge in [0.15, 0.2) is 11.4 Å². The minimum absolute atomic E-state index is 0.00900. The van der Waals surface area contributed by atoms with Gasteiger partial charge in [0.2, 0.25) is 11.4 Å². The number of aliphatic hydroxyl groups is 3. The Hall–Kier alpha value is -1.80. The second-order valence-corrected chi connectivity index (χ2v) is 8.32. The second-order valence-electron chi connectivity index (χ2n) is 8.32. The molecule has 138 valence electrons. The van der Waals surface area contributed by atoms with E-state index in [9.17, 15) is 30.0 Å². The number of hydrogen-bond acceptors (Lipinski definition) is 7. The lowest BCUT2D eigenvalue weighted by Crippen LogP contribution is -2.77. The van der Waals surface area contributed by atoms with Gasteiger partial charge in [-0.25, -0.2) is 0 Å². The molecule has 0 unspecified atom stereocenters. The zero-order chi connectivity index (χ0) is 18.7. The minimum Gasteiger partial charge on any atom is -0.508 e. The maximum Gasteiger partial charge on any atom is 0.202 e. The van der Waals surface area contributed by atoms with Gasteiger partial charge in [0, 0.05) is 17.5 Å². The molecule has 1 saturated heterocycles. The predicted molar refractivity (Wildman–Crippen MR) is 86.5 cm³/mol. The van der Waals surface area contributed by atoms with E-state index in [-0.39, 0.29) is 48.5 Å². The maximum absolute atomic E-state index is 13.4. The van der Waals surface area contributed by atoms with Crippen LogP contribution in [0.1, 0.15) is 54.6 Å². The van der Waals surface area contributed by atoms with Crippen LogP contribution in [0, 0.1) is 5.92 Å². The van der Waals surface area contributed by atoms with Crippen LogP contribution in [0.5, 0.6) is 5.75 Å². The van der Waals surface area contributed by atoms with Crippen molar-refractivity contribution in [3.8, 4) is 5.75 Å². The summed E-state index contributed by atoms with van der Waals surface area (Å²) in [5.41, 5.74) is -7.65. The van der Waals surface area contributed by atoms with Crippen LogP contribution in [0.4, 0.5) is 0 Å². The molecule has 6 atom stereocenters. The number of rotatable bonds is 0. The number of ketones is 2. The third-order valence-electron chi connectivity index (χ3n) is 6.97. The standard InChI is InChI=1S/C19H20O7/c1-9-7-12(21)18(25)16(24,8-9)5-6-17-15(23)13-10(3-2-4-11(13)20)14(22)19(17,18)26-17/h2-4,9,15,20,23-25H,5-8H2,1H3/t9-,15+,16-,17-,18+,19+/m0/s1. The average molecular weight is 360 g/mol. The first-order valence-electron chi connectivity index (χ1n) is 8.87. The van der Waals surface area contributed by atoms with Crippen molar-refractivity contribution < 1.29 is 34.8 Å². The van der Waals surface area contributed by atoms with Crippen molar-refractivity contribution in [2.24, 2.45) is 5.92 Å². The van der Waals surface area contributed by atoms with E-state index in [4.69, 9.17) is 4.74 Å². The van der Waals surface area contributed by atoms with Crippen LogP contribution in [0.2, 0.25) is 0 Å². The summed E-state index contributed by atoms with van der Waals surface area (Å²) in [5.74, 6) is -1.67. The zero-order valence-corrected chi connectivity index (χ0v) is 14.2. The number of phenolic OH excluding ortho intramolecular Hbond substituents is 1. The molecule has 7 nitrogen and oxygen atoms in total. The molecule has 0 amide bonds. The molecule has 7 heteroatoms. The number of ether oxygens (including phenoxy) is 1. The molecule has 5 rings (SSSR count). The van der Waals surface area contributed by atoms with Crippen LogP contribution in [0.15, 0.2) is 18.2 Å². The van der Waals surface area contributed by atoms with Gasteiger partial charge in [0.25, 0.3) is 0 Å². The maximum atomic E-state index is 13.4. The Balaban J connectivity index is 1.78. The van der Waals surface area contributed by atoms with Crippen LogP contribution >= 0.6 is 0 Å². The van der Waals surface area contributed by atoms with Gasteiger partial charge in [-0.15, -0.1) is 0 Å². The van der Waals surface area contributed by atoms with E-state index in [1.54, 1.807) is 0 Å². The topological polar surface area (TPSA) is 128 Å². The third kappa shape index (κ3) is 1.37. The smallest absolute Gasteiger partial charge is 0.202 e. The fourth-order valence-electron chi connectivity index (χ4n) is 5.82. The summed E-state index contributed by atoms with van der Waals surface area (Å²) < 4.78 is 5.78. The Morgan fingerprint density at radius 2 is 1.92 bits per heavy atom. The van der Waals surface area contributed by atoms with Crippen molar-refractivity contribution in [3.63, 3.8) is 0 Å². The molecule has 4 N–H and O–H groups in total. The van der Waals surface area contributed by atoms with Crippen LogP contribution in [-0.2, 0) is 9.53 Å². The number of Topliss-reactive ketones (excluding diaryl/α,β-unsaturated/α-hetero) is 2. The number of aromatic hydroxyl groups is 1. The number of hydrogen-bond donors (Lipinski definition) is 4. The van der Waals surface area contributed by atoms with E-state index < -0.39 is 40.1 Å². The highest BCUT2D eigenvalue weighted by Gasteiger charge is 2.93. The highest BCUT2D eigenvalue weighted by atomic mass is 16.7. The van der Waals surface area contributed by atoms with Gasteiger partial charge in [-0.1, -0.05) is 19.1 Å². The van der Waals surface area contributed by atoms with E-state index in [1.165, 1.54) is 18.2 Å². The molecular weight excluding hydrogens is 340 g/mol. The number of fused-ring (bicyclic) bond motifs is 2. The van der Waals surface area contributed by atoms with E-state index in [1.807, 2.05) is 6.92 Å². The highest BCUT2D eigenvalue weighted by Crippen LogP contribution is 2.73. The summed E-state index contributed by atoms with van der Waals surface area (Å²) >= 11 is 0. The van der Waals surface area contributed by atoms with Crippen LogP contribution in [0.25, 0.3) is 0 Å². The number of carbonyl (C=O) groups is 2. The zero-order valence-electron chi connectivity index (χ0n) is 14.2. The Morgan fingerprint density at radius 3 is 2.65 bits per heavy atom. The average Bonchev–Trinajstić information content (AvgIpc) is 3.29. The second kappa shape index (κ2) is 4.36. The summed E-state index contributed by atoms with van der Waals surface area (Å²) in [6.45, 7) is 1.81. The summed E-state index contributed by atoms with van der Waals surface area (Å²) in [6.07, 6.45) is -1.05. The molecule has 26 heavy (non-hydrogen) atoms. The Kier molecular flexibility index (Phi) is 2.75. The van der Waals surface area contributed by atoms with Crippen LogP contribution in [0.3, 0.4) is 0 Å². The highest BCUT2D eigenvalue weighted by molar-refractivity contribution is 6.14. The molecule has 1 aliphatic heterocycles. The first-order chi connectivity index (χ1) is 12.1. The van der Waals surface area contributed by atoms with Gasteiger partial charge in [-0.05, 0) is 31.2 Å². The van der Waals surface area contributed by atoms with Gasteiger partial charge >= 0.3 is 0 Å². The van der Waals surface area contributed by atoms with Gasteiger partial charge in [0.1, 0.15) is 23.1 Å². The van der Waals surface area contributed by atoms with Crippen molar-refractivity contribution in [1.29, 1.82) is 0 Å². The van der Waals surface area contributed by atoms with Gasteiger partial charge in [-0.3, -0.25) is 9.59 Å². The number of epoxide rings is 1. The lowest BCUT2D eigenvalue weighted by Gasteiger charge is -2.54. The number of phenols is 1. The van der Waals surface area contributed by atoms with Gasteiger partial charge < -0.3 is 25.2 Å². The fourth-order valence-corrected chi connectivity index (χ4v) is 5.82. The van der Waals surface area contributed by atoms with Crippen LogP contribution < -0.4 is 0 Å². The predicted octanol–water partition coefficient (Wildman–Crippen LogP) is 0.385. The number of aliphatic hydroxyl groups excluding tert-OH is 1. The Bertz CT molecular complexity index is 881. The molecule has 0 aromatic heterocycles. The molecular formula is C19H20O7. The first kappa shape index (κ1) is 16.4. The largest absolute Gasteiger partial charge is 0.508 e. The number of benzene rings is 1. The van der Waals surface area contributed by atoms with E-state index in [2.05, 4.69) is 0 Å². The third-order valence-corrected chi connectivity index (χ3v) is 6.97. The van der Waals surface area contributed by atoms with E-state index >= 15 is 0 Å². The van der Waals surface area contributed by atoms with Crippen molar-refractivity contribution in [2.45, 2.75) is 61.1 Å². The molecule has 3 fully saturated rings. The molecule has 0 radical (unpaired) electrons. The molecule has 2 saturated carbocycles. The van der Waals surface area contributed by atoms with Crippen molar-refractivity contribution >= 4 is 11.6 Å². The molecule has 1 heterocycles. The lowest BCUT2D eigenvalue weighted by molar-refractivity contribution is -0.214. The van der Waals surface area contributed by atoms with Crippen LogP contribution in [-0.4, -0.2) is 54.4 Å². The summed E-state index contributed by atoms with van der Waals surface area (Å²) in [7, 11) is 0. The minimum atomic E-state index is -2.41. The molecule has 0 bridgehead atoms. The first-order valence-corrected chi connectivity index (χ1v) is 8.87. The van der Waals surface area contributed by atoms with Crippen molar-refractivity contribution in [2.75, 3.05) is 0 Å². The fraction of sp³-hybridized carbons (Fsp3) is 0.579. The molecule has 4 aliphatic rings. The van der Waals surface area contributed by atoms with Crippen molar-refractivity contribution in [3.05, 3.63) is 29.3 Å². The summed E-state index contributed by atoms with van der Waals surface area (Å²) in [6, 6.07) is 4.24. The quantitative estimate of drug-likeness (QED) is 0.493.